The smallest absolute Gasteiger partial charge is 0.234 e. The molecule has 4 nitrogen and oxygen atoms in total. The van der Waals surface area contributed by atoms with Crippen molar-refractivity contribution >= 4 is 11.8 Å². The summed E-state index contributed by atoms with van der Waals surface area (Å²) in [4.78, 5) is 5.01. The first-order valence-electron chi connectivity index (χ1n) is 6.64. The monoisotopic (exact) mass is 293 g/mol. The van der Waals surface area contributed by atoms with Crippen molar-refractivity contribution < 1.29 is 8.91 Å². The van der Waals surface area contributed by atoms with E-state index >= 15 is 0 Å². The van der Waals surface area contributed by atoms with Crippen LogP contribution in [-0.2, 0) is 11.2 Å². The molecular weight excluding hydrogens is 277 g/mol. The second-order valence-corrected chi connectivity index (χ2v) is 6.09. The minimum Gasteiger partial charge on any atom is -0.339 e. The molecule has 1 heterocycles. The Balaban J connectivity index is 1.67. The van der Waals surface area contributed by atoms with Gasteiger partial charge in [0.25, 0.3) is 0 Å². The first kappa shape index (κ1) is 13.6. The van der Waals surface area contributed by atoms with Crippen molar-refractivity contribution in [1.82, 2.24) is 10.1 Å². The summed E-state index contributed by atoms with van der Waals surface area (Å²) < 4.78 is 18.8. The molecule has 1 aromatic heterocycles. The van der Waals surface area contributed by atoms with E-state index in [2.05, 4.69) is 10.1 Å². The topological polar surface area (TPSA) is 64.9 Å². The van der Waals surface area contributed by atoms with E-state index < -0.39 is 0 Å². The van der Waals surface area contributed by atoms with Crippen molar-refractivity contribution in [3.63, 3.8) is 0 Å². The second kappa shape index (κ2) is 5.54. The molecule has 3 rings (SSSR count). The van der Waals surface area contributed by atoms with Gasteiger partial charge in [0, 0.05) is 11.4 Å². The van der Waals surface area contributed by atoms with Crippen LogP contribution in [0.5, 0.6) is 0 Å². The van der Waals surface area contributed by atoms with Crippen LogP contribution in [0.4, 0.5) is 4.39 Å². The number of hydrogen-bond donors (Lipinski definition) is 1. The number of halogens is 1. The minimum absolute atomic E-state index is 0.117. The third-order valence-electron chi connectivity index (χ3n) is 3.82. The Morgan fingerprint density at radius 1 is 1.35 bits per heavy atom. The van der Waals surface area contributed by atoms with Crippen LogP contribution in [0.1, 0.15) is 31.0 Å². The molecule has 0 atom stereocenters. The summed E-state index contributed by atoms with van der Waals surface area (Å²) in [6.07, 6.45) is 3.16. The van der Waals surface area contributed by atoms with Gasteiger partial charge in [-0.3, -0.25) is 0 Å². The van der Waals surface area contributed by atoms with Crippen molar-refractivity contribution in [2.45, 2.75) is 35.3 Å². The molecular formula is C14H16FN3OS. The zero-order chi connectivity index (χ0) is 14.0. The first-order valence-corrected chi connectivity index (χ1v) is 7.62. The van der Waals surface area contributed by atoms with Gasteiger partial charge < -0.3 is 10.3 Å². The van der Waals surface area contributed by atoms with Gasteiger partial charge in [-0.2, -0.15) is 4.98 Å². The zero-order valence-corrected chi connectivity index (χ0v) is 11.8. The maximum atomic E-state index is 13.5. The van der Waals surface area contributed by atoms with Crippen molar-refractivity contribution in [3.05, 3.63) is 41.8 Å². The lowest BCUT2D eigenvalue weighted by Gasteiger charge is -2.36. The van der Waals surface area contributed by atoms with Gasteiger partial charge in [0.1, 0.15) is 5.82 Å². The molecule has 1 fully saturated rings. The molecule has 0 aliphatic heterocycles. The summed E-state index contributed by atoms with van der Waals surface area (Å²) in [5.74, 6) is 1.49. The Bertz CT molecular complexity index is 592. The number of aromatic nitrogens is 2. The number of hydrogen-bond acceptors (Lipinski definition) is 5. The Morgan fingerprint density at radius 3 is 2.80 bits per heavy atom. The van der Waals surface area contributed by atoms with Crippen molar-refractivity contribution in [2.75, 3.05) is 6.54 Å². The van der Waals surface area contributed by atoms with Gasteiger partial charge in [-0.1, -0.05) is 23.7 Å². The van der Waals surface area contributed by atoms with Crippen LogP contribution in [0.3, 0.4) is 0 Å². The van der Waals surface area contributed by atoms with Crippen molar-refractivity contribution in [1.29, 1.82) is 0 Å². The summed E-state index contributed by atoms with van der Waals surface area (Å²) in [5.41, 5.74) is 5.70. The lowest BCUT2D eigenvalue weighted by atomic mass is 9.69. The van der Waals surface area contributed by atoms with Gasteiger partial charge >= 0.3 is 0 Å². The molecule has 106 valence electrons. The maximum Gasteiger partial charge on any atom is 0.234 e. The standard InChI is InChI=1S/C14H16FN3OS/c15-10-4-1-2-5-11(10)20-8-12-17-13(19-18-12)14(9-16)6-3-7-14/h1-2,4-5H,3,6-9,16H2. The molecule has 1 aliphatic rings. The molecule has 1 aliphatic carbocycles. The number of nitrogens with zero attached hydrogens (tertiary/aromatic N) is 2. The molecule has 2 aromatic rings. The normalized spacial score (nSPS) is 16.9. The predicted molar refractivity (Wildman–Crippen MR) is 74.8 cm³/mol. The SMILES string of the molecule is NCC1(c2nc(CSc3ccccc3F)no2)CCC1. The molecule has 0 spiro atoms. The quantitative estimate of drug-likeness (QED) is 0.859. The average molecular weight is 293 g/mol. The molecule has 1 saturated carbocycles. The van der Waals surface area contributed by atoms with E-state index in [1.54, 1.807) is 12.1 Å². The highest BCUT2D eigenvalue weighted by molar-refractivity contribution is 7.98. The van der Waals surface area contributed by atoms with Crippen LogP contribution in [-0.4, -0.2) is 16.7 Å². The molecule has 0 amide bonds. The largest absolute Gasteiger partial charge is 0.339 e. The summed E-state index contributed by atoms with van der Waals surface area (Å²) in [6.45, 7) is 0.537. The molecule has 6 heteroatoms. The molecule has 2 N–H and O–H groups in total. The number of rotatable bonds is 5. The predicted octanol–water partition coefficient (Wildman–Crippen LogP) is 2.88. The van der Waals surface area contributed by atoms with Crippen LogP contribution < -0.4 is 5.73 Å². The second-order valence-electron chi connectivity index (χ2n) is 5.07. The van der Waals surface area contributed by atoms with E-state index in [9.17, 15) is 4.39 Å². The Labute approximate surface area is 120 Å². The molecule has 0 unspecified atom stereocenters. The summed E-state index contributed by atoms with van der Waals surface area (Å²) in [6, 6.07) is 6.67. The third kappa shape index (κ3) is 2.45. The summed E-state index contributed by atoms with van der Waals surface area (Å²) >= 11 is 1.37. The lowest BCUT2D eigenvalue weighted by molar-refractivity contribution is 0.181. The fourth-order valence-electron chi connectivity index (χ4n) is 2.34. The van der Waals surface area contributed by atoms with Crippen LogP contribution in [0.15, 0.2) is 33.7 Å². The van der Waals surface area contributed by atoms with E-state index in [0.717, 1.165) is 19.3 Å². The average Bonchev–Trinajstić information content (AvgIpc) is 2.86. The maximum absolute atomic E-state index is 13.5. The van der Waals surface area contributed by atoms with Gasteiger partial charge in [-0.15, -0.1) is 11.8 Å². The summed E-state index contributed by atoms with van der Waals surface area (Å²) in [5, 5.41) is 3.97. The van der Waals surface area contributed by atoms with E-state index in [-0.39, 0.29) is 11.2 Å². The van der Waals surface area contributed by atoms with Crippen molar-refractivity contribution in [3.8, 4) is 0 Å². The fraction of sp³-hybridized carbons (Fsp3) is 0.429. The Morgan fingerprint density at radius 2 is 2.15 bits per heavy atom. The molecule has 1 aromatic carbocycles. The highest BCUT2D eigenvalue weighted by Crippen LogP contribution is 2.42. The van der Waals surface area contributed by atoms with Crippen LogP contribution in [0, 0.1) is 5.82 Å². The van der Waals surface area contributed by atoms with E-state index in [4.69, 9.17) is 10.3 Å². The van der Waals surface area contributed by atoms with Gasteiger partial charge in [0.2, 0.25) is 5.89 Å². The lowest BCUT2D eigenvalue weighted by Crippen LogP contribution is -2.41. The van der Waals surface area contributed by atoms with Crippen LogP contribution in [0.2, 0.25) is 0 Å². The summed E-state index contributed by atoms with van der Waals surface area (Å²) in [7, 11) is 0. The van der Waals surface area contributed by atoms with E-state index in [1.165, 1.54) is 17.8 Å². The van der Waals surface area contributed by atoms with Gasteiger partial charge in [0.05, 0.1) is 11.2 Å². The highest BCUT2D eigenvalue weighted by atomic mass is 32.2. The van der Waals surface area contributed by atoms with Gasteiger partial charge in [-0.25, -0.2) is 4.39 Å². The molecule has 0 bridgehead atoms. The minimum atomic E-state index is -0.223. The highest BCUT2D eigenvalue weighted by Gasteiger charge is 2.42. The molecule has 0 radical (unpaired) electrons. The van der Waals surface area contributed by atoms with Gasteiger partial charge in [0.15, 0.2) is 5.82 Å². The third-order valence-corrected chi connectivity index (χ3v) is 4.86. The zero-order valence-electron chi connectivity index (χ0n) is 11.0. The van der Waals surface area contributed by atoms with Crippen LogP contribution in [0.25, 0.3) is 0 Å². The Kier molecular flexibility index (Phi) is 3.76. The number of benzene rings is 1. The van der Waals surface area contributed by atoms with Crippen LogP contribution >= 0.6 is 11.8 Å². The first-order chi connectivity index (χ1) is 9.73. The molecule has 20 heavy (non-hydrogen) atoms. The Hall–Kier alpha value is -1.40. The molecule has 0 saturated heterocycles. The fourth-order valence-corrected chi connectivity index (χ4v) is 3.12. The number of thioether (sulfide) groups is 1. The number of nitrogens with two attached hydrogens (primary N) is 1. The van der Waals surface area contributed by atoms with E-state index in [0.29, 0.717) is 28.9 Å². The van der Waals surface area contributed by atoms with E-state index in [1.807, 2.05) is 6.07 Å². The van der Waals surface area contributed by atoms with Crippen molar-refractivity contribution in [2.24, 2.45) is 5.73 Å². The van der Waals surface area contributed by atoms with Gasteiger partial charge in [-0.05, 0) is 25.0 Å².